The Labute approximate surface area is 137 Å². The standard InChI is InChI=1S/C15H21BrN2O4/c1-15(2,3)22-14(20)18-7-5-9-10(6-8-18)17-13(21-4)11(16)12(9)19/h5-8H2,1-4H3,(H,17,19). The van der Waals surface area contributed by atoms with Crippen LogP contribution in [0.15, 0.2) is 9.27 Å². The number of pyridine rings is 1. The second-order valence-corrected chi connectivity index (χ2v) is 7.02. The number of H-pyrrole nitrogens is 1. The Morgan fingerprint density at radius 1 is 1.27 bits per heavy atom. The van der Waals surface area contributed by atoms with Crippen molar-refractivity contribution in [3.05, 3.63) is 26.0 Å². The number of nitrogens with one attached hydrogen (secondary N) is 1. The molecule has 1 amide bonds. The van der Waals surface area contributed by atoms with Crippen LogP contribution < -0.4 is 10.2 Å². The van der Waals surface area contributed by atoms with Gasteiger partial charge in [-0.1, -0.05) is 0 Å². The van der Waals surface area contributed by atoms with E-state index in [2.05, 4.69) is 20.9 Å². The number of rotatable bonds is 1. The first-order chi connectivity index (χ1) is 10.2. The molecule has 1 aliphatic heterocycles. The maximum atomic E-state index is 12.4. The second-order valence-electron chi connectivity index (χ2n) is 6.23. The summed E-state index contributed by atoms with van der Waals surface area (Å²) >= 11 is 3.25. The first kappa shape index (κ1) is 16.9. The van der Waals surface area contributed by atoms with Crippen LogP contribution in [-0.2, 0) is 17.6 Å². The first-order valence-electron chi connectivity index (χ1n) is 7.18. The zero-order valence-electron chi connectivity index (χ0n) is 13.3. The fourth-order valence-electron chi connectivity index (χ4n) is 2.37. The third-order valence-corrected chi connectivity index (χ3v) is 4.14. The highest BCUT2D eigenvalue weighted by Gasteiger charge is 2.26. The van der Waals surface area contributed by atoms with Crippen LogP contribution in [0.4, 0.5) is 4.79 Å². The zero-order chi connectivity index (χ0) is 16.5. The lowest BCUT2D eigenvalue weighted by Gasteiger charge is -2.26. The lowest BCUT2D eigenvalue weighted by molar-refractivity contribution is 0.0258. The SMILES string of the molecule is COc1[nH]c2c(c(=O)c1Br)CCN(C(=O)OC(C)(C)C)CC2. The Morgan fingerprint density at radius 3 is 2.50 bits per heavy atom. The van der Waals surface area contributed by atoms with Crippen molar-refractivity contribution < 1.29 is 14.3 Å². The summed E-state index contributed by atoms with van der Waals surface area (Å²) in [6.07, 6.45) is 0.707. The molecular formula is C15H21BrN2O4. The molecule has 0 saturated heterocycles. The Bertz CT molecular complexity index is 634. The van der Waals surface area contributed by atoms with Crippen LogP contribution in [0.1, 0.15) is 32.0 Å². The molecule has 1 N–H and O–H groups in total. The van der Waals surface area contributed by atoms with Crippen molar-refractivity contribution in [3.8, 4) is 5.88 Å². The quantitative estimate of drug-likeness (QED) is 0.821. The number of methoxy groups -OCH3 is 1. The van der Waals surface area contributed by atoms with Crippen LogP contribution in [0.25, 0.3) is 0 Å². The Kier molecular flexibility index (Phi) is 4.84. The van der Waals surface area contributed by atoms with Gasteiger partial charge in [0.25, 0.3) is 0 Å². The molecule has 2 rings (SSSR count). The van der Waals surface area contributed by atoms with Gasteiger partial charge in [-0.2, -0.15) is 0 Å². The number of hydrogen-bond acceptors (Lipinski definition) is 4. The van der Waals surface area contributed by atoms with Crippen molar-refractivity contribution in [3.63, 3.8) is 0 Å². The highest BCUT2D eigenvalue weighted by atomic mass is 79.9. The minimum absolute atomic E-state index is 0.0864. The molecule has 122 valence electrons. The number of aromatic amines is 1. The number of carbonyl (C=O) groups is 1. The fourth-order valence-corrected chi connectivity index (χ4v) is 2.87. The van der Waals surface area contributed by atoms with Crippen LogP contribution >= 0.6 is 15.9 Å². The first-order valence-corrected chi connectivity index (χ1v) is 7.97. The van der Waals surface area contributed by atoms with Gasteiger partial charge in [0.15, 0.2) is 0 Å². The van der Waals surface area contributed by atoms with Crippen molar-refractivity contribution in [2.45, 2.75) is 39.2 Å². The number of hydrogen-bond donors (Lipinski definition) is 1. The zero-order valence-corrected chi connectivity index (χ0v) is 14.9. The highest BCUT2D eigenvalue weighted by Crippen LogP contribution is 2.23. The summed E-state index contributed by atoms with van der Waals surface area (Å²) in [5, 5.41) is 0. The molecule has 1 aliphatic rings. The molecule has 0 atom stereocenters. The molecule has 0 unspecified atom stereocenters. The number of nitrogens with zero attached hydrogens (tertiary/aromatic N) is 1. The summed E-state index contributed by atoms with van der Waals surface area (Å²) in [6.45, 7) is 6.47. The van der Waals surface area contributed by atoms with Crippen molar-refractivity contribution in [1.29, 1.82) is 0 Å². The molecule has 2 heterocycles. The number of amides is 1. The van der Waals surface area contributed by atoms with Gasteiger partial charge in [-0.15, -0.1) is 0 Å². The summed E-state index contributed by atoms with van der Waals surface area (Å²) in [5.41, 5.74) is 0.893. The van der Waals surface area contributed by atoms with Crippen LogP contribution in [0.2, 0.25) is 0 Å². The van der Waals surface area contributed by atoms with E-state index in [4.69, 9.17) is 9.47 Å². The molecule has 1 aromatic heterocycles. The number of carbonyl (C=O) groups excluding carboxylic acids is 1. The van der Waals surface area contributed by atoms with Gasteiger partial charge in [-0.25, -0.2) is 4.79 Å². The molecule has 0 spiro atoms. The van der Waals surface area contributed by atoms with Gasteiger partial charge in [-0.05, 0) is 43.1 Å². The predicted molar refractivity (Wildman–Crippen MR) is 86.5 cm³/mol. The smallest absolute Gasteiger partial charge is 0.410 e. The average molecular weight is 373 g/mol. The minimum Gasteiger partial charge on any atom is -0.481 e. The molecule has 0 radical (unpaired) electrons. The molecule has 0 aromatic carbocycles. The van der Waals surface area contributed by atoms with Crippen LogP contribution in [0, 0.1) is 0 Å². The lowest BCUT2D eigenvalue weighted by Crippen LogP contribution is -2.38. The van der Waals surface area contributed by atoms with E-state index in [1.807, 2.05) is 20.8 Å². The van der Waals surface area contributed by atoms with Crippen LogP contribution in [-0.4, -0.2) is 41.8 Å². The number of fused-ring (bicyclic) bond motifs is 1. The van der Waals surface area contributed by atoms with Gasteiger partial charge < -0.3 is 19.4 Å². The Balaban J connectivity index is 2.22. The Morgan fingerprint density at radius 2 is 1.91 bits per heavy atom. The minimum atomic E-state index is -0.529. The van der Waals surface area contributed by atoms with Gasteiger partial charge in [0, 0.05) is 30.8 Å². The van der Waals surface area contributed by atoms with Crippen molar-refractivity contribution in [1.82, 2.24) is 9.88 Å². The van der Waals surface area contributed by atoms with Gasteiger partial charge in [0.2, 0.25) is 11.3 Å². The largest absolute Gasteiger partial charge is 0.481 e. The summed E-state index contributed by atoms with van der Waals surface area (Å²) in [5.74, 6) is 0.412. The van der Waals surface area contributed by atoms with Gasteiger partial charge in [0.1, 0.15) is 10.1 Å². The maximum absolute atomic E-state index is 12.4. The highest BCUT2D eigenvalue weighted by molar-refractivity contribution is 9.10. The maximum Gasteiger partial charge on any atom is 0.410 e. The lowest BCUT2D eigenvalue weighted by atomic mass is 10.1. The molecule has 6 nitrogen and oxygen atoms in total. The van der Waals surface area contributed by atoms with Gasteiger partial charge >= 0.3 is 6.09 Å². The average Bonchev–Trinajstić information content (AvgIpc) is 2.63. The van der Waals surface area contributed by atoms with E-state index < -0.39 is 5.60 Å². The van der Waals surface area contributed by atoms with Crippen molar-refractivity contribution in [2.24, 2.45) is 0 Å². The topological polar surface area (TPSA) is 71.6 Å². The van der Waals surface area contributed by atoms with Crippen LogP contribution in [0.5, 0.6) is 5.88 Å². The number of halogens is 1. The van der Waals surface area contributed by atoms with E-state index in [1.54, 1.807) is 4.90 Å². The molecule has 0 fully saturated rings. The van der Waals surface area contributed by atoms with Crippen molar-refractivity contribution in [2.75, 3.05) is 20.2 Å². The predicted octanol–water partition coefficient (Wildman–Crippen LogP) is 2.48. The molecule has 0 bridgehead atoms. The third-order valence-electron chi connectivity index (χ3n) is 3.42. The van der Waals surface area contributed by atoms with Crippen molar-refractivity contribution >= 4 is 22.0 Å². The molecular weight excluding hydrogens is 352 g/mol. The summed E-state index contributed by atoms with van der Waals surface area (Å²) < 4.78 is 10.9. The van der Waals surface area contributed by atoms with Gasteiger partial charge in [-0.3, -0.25) is 4.79 Å². The van der Waals surface area contributed by atoms with E-state index in [0.717, 1.165) is 5.69 Å². The normalized spacial score (nSPS) is 15.0. The van der Waals surface area contributed by atoms with E-state index in [-0.39, 0.29) is 11.5 Å². The second kappa shape index (κ2) is 6.32. The number of ether oxygens (including phenoxy) is 2. The van der Waals surface area contributed by atoms with Crippen LogP contribution in [0.3, 0.4) is 0 Å². The molecule has 7 heteroatoms. The molecule has 0 saturated carbocycles. The molecule has 0 aliphatic carbocycles. The van der Waals surface area contributed by atoms with Gasteiger partial charge in [0.05, 0.1) is 7.11 Å². The monoisotopic (exact) mass is 372 g/mol. The van der Waals surface area contributed by atoms with E-state index in [9.17, 15) is 9.59 Å². The van der Waals surface area contributed by atoms with E-state index in [1.165, 1.54) is 7.11 Å². The summed E-state index contributed by atoms with van der Waals surface area (Å²) in [7, 11) is 1.51. The van der Waals surface area contributed by atoms with E-state index in [0.29, 0.717) is 41.8 Å². The number of aromatic nitrogens is 1. The summed E-state index contributed by atoms with van der Waals surface area (Å²) in [4.78, 5) is 29.3. The summed E-state index contributed by atoms with van der Waals surface area (Å²) in [6, 6.07) is 0. The fraction of sp³-hybridized carbons (Fsp3) is 0.600. The van der Waals surface area contributed by atoms with E-state index >= 15 is 0 Å². The molecule has 22 heavy (non-hydrogen) atoms. The molecule has 1 aromatic rings. The Hall–Kier alpha value is -1.50. The third kappa shape index (κ3) is 3.63.